The van der Waals surface area contributed by atoms with Gasteiger partial charge in [0.2, 0.25) is 5.91 Å². The number of nitrogens with zero attached hydrogens (tertiary/aromatic N) is 1. The minimum atomic E-state index is -0.303. The molecule has 1 amide bonds. The maximum Gasteiger partial charge on any atom is 0.224 e. The van der Waals surface area contributed by atoms with Gasteiger partial charge in [-0.05, 0) is 37.9 Å². The quantitative estimate of drug-likeness (QED) is 0.849. The van der Waals surface area contributed by atoms with Crippen LogP contribution in [0.4, 0.5) is 4.39 Å². The Kier molecular flexibility index (Phi) is 6.32. The van der Waals surface area contributed by atoms with Crippen LogP contribution in [0.2, 0.25) is 0 Å². The van der Waals surface area contributed by atoms with Crippen LogP contribution in [0.25, 0.3) is 0 Å². The van der Waals surface area contributed by atoms with Gasteiger partial charge in [-0.2, -0.15) is 0 Å². The van der Waals surface area contributed by atoms with Crippen molar-refractivity contribution in [1.82, 2.24) is 10.2 Å². The molecule has 4 nitrogen and oxygen atoms in total. The SMILES string of the molecule is COc1ccccc1C(CNC(=O)Cc1ccc(F)cc1)N(C)C. The summed E-state index contributed by atoms with van der Waals surface area (Å²) in [4.78, 5) is 14.2. The van der Waals surface area contributed by atoms with E-state index in [-0.39, 0.29) is 24.2 Å². The van der Waals surface area contributed by atoms with E-state index in [1.165, 1.54) is 12.1 Å². The number of benzene rings is 2. The molecule has 0 fully saturated rings. The summed E-state index contributed by atoms with van der Waals surface area (Å²) in [5, 5.41) is 2.95. The third-order valence-corrected chi connectivity index (χ3v) is 3.89. The Bertz CT molecular complexity index is 671. The normalized spacial score (nSPS) is 12.0. The summed E-state index contributed by atoms with van der Waals surface area (Å²) in [6, 6.07) is 13.7. The van der Waals surface area contributed by atoms with E-state index in [9.17, 15) is 9.18 Å². The Balaban J connectivity index is 2.01. The molecule has 0 spiro atoms. The number of amides is 1. The first-order valence-electron chi connectivity index (χ1n) is 7.81. The molecule has 0 heterocycles. The number of likely N-dealkylation sites (N-methyl/N-ethyl adjacent to an activating group) is 1. The van der Waals surface area contributed by atoms with Crippen LogP contribution in [0.15, 0.2) is 48.5 Å². The molecule has 0 saturated heterocycles. The van der Waals surface area contributed by atoms with Crippen molar-refractivity contribution in [2.24, 2.45) is 0 Å². The lowest BCUT2D eigenvalue weighted by molar-refractivity contribution is -0.120. The average Bonchev–Trinajstić information content (AvgIpc) is 2.57. The van der Waals surface area contributed by atoms with Crippen LogP contribution in [0.3, 0.4) is 0 Å². The Morgan fingerprint density at radius 3 is 2.46 bits per heavy atom. The van der Waals surface area contributed by atoms with Gasteiger partial charge in [-0.3, -0.25) is 4.79 Å². The van der Waals surface area contributed by atoms with Crippen molar-refractivity contribution in [1.29, 1.82) is 0 Å². The van der Waals surface area contributed by atoms with Crippen molar-refractivity contribution in [2.45, 2.75) is 12.5 Å². The first-order chi connectivity index (χ1) is 11.5. The zero-order valence-electron chi connectivity index (χ0n) is 14.3. The molecule has 0 aliphatic carbocycles. The van der Waals surface area contributed by atoms with Crippen molar-refractivity contribution in [3.8, 4) is 5.75 Å². The van der Waals surface area contributed by atoms with E-state index >= 15 is 0 Å². The average molecular weight is 330 g/mol. The fourth-order valence-corrected chi connectivity index (χ4v) is 2.57. The molecular weight excluding hydrogens is 307 g/mol. The number of para-hydroxylation sites is 1. The fourth-order valence-electron chi connectivity index (χ4n) is 2.57. The van der Waals surface area contributed by atoms with Gasteiger partial charge < -0.3 is 15.0 Å². The van der Waals surface area contributed by atoms with Crippen LogP contribution >= 0.6 is 0 Å². The molecule has 2 rings (SSSR count). The van der Waals surface area contributed by atoms with Gasteiger partial charge in [-0.15, -0.1) is 0 Å². The molecule has 24 heavy (non-hydrogen) atoms. The predicted octanol–water partition coefficient (Wildman–Crippen LogP) is 2.80. The molecular formula is C19H23FN2O2. The summed E-state index contributed by atoms with van der Waals surface area (Å²) in [6.45, 7) is 0.466. The second kappa shape index (κ2) is 8.45. The van der Waals surface area contributed by atoms with Crippen LogP contribution in [0.1, 0.15) is 17.2 Å². The summed E-state index contributed by atoms with van der Waals surface area (Å²) in [6.07, 6.45) is 0.229. The third-order valence-electron chi connectivity index (χ3n) is 3.89. The number of methoxy groups -OCH3 is 1. The van der Waals surface area contributed by atoms with E-state index in [1.807, 2.05) is 43.3 Å². The minimum absolute atomic E-state index is 0.00156. The van der Waals surface area contributed by atoms with E-state index in [2.05, 4.69) is 5.32 Å². The molecule has 0 aromatic heterocycles. The number of halogens is 1. The lowest BCUT2D eigenvalue weighted by Crippen LogP contribution is -2.35. The number of carbonyl (C=O) groups is 1. The molecule has 0 aliphatic heterocycles. The summed E-state index contributed by atoms with van der Waals surface area (Å²) < 4.78 is 18.3. The van der Waals surface area contributed by atoms with E-state index in [1.54, 1.807) is 19.2 Å². The molecule has 0 bridgehead atoms. The maximum absolute atomic E-state index is 12.9. The lowest BCUT2D eigenvalue weighted by Gasteiger charge is -2.26. The molecule has 5 heteroatoms. The predicted molar refractivity (Wildman–Crippen MR) is 92.5 cm³/mol. The minimum Gasteiger partial charge on any atom is -0.496 e. The van der Waals surface area contributed by atoms with Gasteiger partial charge in [0.25, 0.3) is 0 Å². The Morgan fingerprint density at radius 1 is 1.17 bits per heavy atom. The number of hydrogen-bond acceptors (Lipinski definition) is 3. The summed E-state index contributed by atoms with van der Waals surface area (Å²) in [5.74, 6) is 0.398. The Morgan fingerprint density at radius 2 is 1.83 bits per heavy atom. The third kappa shape index (κ3) is 4.80. The zero-order valence-corrected chi connectivity index (χ0v) is 14.3. The summed E-state index contributed by atoms with van der Waals surface area (Å²) in [7, 11) is 5.56. The summed E-state index contributed by atoms with van der Waals surface area (Å²) >= 11 is 0. The second-order valence-electron chi connectivity index (χ2n) is 5.83. The van der Waals surface area contributed by atoms with Gasteiger partial charge in [-0.25, -0.2) is 4.39 Å². The largest absolute Gasteiger partial charge is 0.496 e. The number of rotatable bonds is 7. The highest BCUT2D eigenvalue weighted by Crippen LogP contribution is 2.27. The van der Waals surface area contributed by atoms with Crippen LogP contribution in [0.5, 0.6) is 5.75 Å². The number of hydrogen-bond donors (Lipinski definition) is 1. The van der Waals surface area contributed by atoms with Gasteiger partial charge in [-0.1, -0.05) is 30.3 Å². The number of ether oxygens (including phenoxy) is 1. The Hall–Kier alpha value is -2.40. The molecule has 128 valence electrons. The van der Waals surface area contributed by atoms with E-state index in [0.29, 0.717) is 6.54 Å². The fraction of sp³-hybridized carbons (Fsp3) is 0.316. The van der Waals surface area contributed by atoms with Gasteiger partial charge in [0, 0.05) is 12.1 Å². The molecule has 1 N–H and O–H groups in total. The highest BCUT2D eigenvalue weighted by molar-refractivity contribution is 5.78. The van der Waals surface area contributed by atoms with Crippen molar-refractivity contribution in [3.63, 3.8) is 0 Å². The van der Waals surface area contributed by atoms with E-state index in [4.69, 9.17) is 4.74 Å². The van der Waals surface area contributed by atoms with E-state index in [0.717, 1.165) is 16.9 Å². The lowest BCUT2D eigenvalue weighted by atomic mass is 10.0. The molecule has 0 aliphatic rings. The molecule has 2 aromatic carbocycles. The first kappa shape index (κ1) is 17.9. The molecule has 2 aromatic rings. The second-order valence-corrected chi connectivity index (χ2v) is 5.83. The van der Waals surface area contributed by atoms with Crippen LogP contribution in [-0.4, -0.2) is 38.6 Å². The molecule has 0 saturated carbocycles. The van der Waals surface area contributed by atoms with Crippen molar-refractivity contribution >= 4 is 5.91 Å². The summed E-state index contributed by atoms with van der Waals surface area (Å²) in [5.41, 5.74) is 1.81. The van der Waals surface area contributed by atoms with Gasteiger partial charge in [0.15, 0.2) is 0 Å². The zero-order chi connectivity index (χ0) is 17.5. The van der Waals surface area contributed by atoms with Crippen molar-refractivity contribution in [2.75, 3.05) is 27.7 Å². The first-order valence-corrected chi connectivity index (χ1v) is 7.81. The standard InChI is InChI=1S/C19H23FN2O2/c1-22(2)17(16-6-4-5-7-18(16)24-3)13-21-19(23)12-14-8-10-15(20)11-9-14/h4-11,17H,12-13H2,1-3H3,(H,21,23). The van der Waals surface area contributed by atoms with Crippen molar-refractivity contribution in [3.05, 3.63) is 65.5 Å². The highest BCUT2D eigenvalue weighted by Gasteiger charge is 2.19. The van der Waals surface area contributed by atoms with Crippen LogP contribution in [0, 0.1) is 5.82 Å². The van der Waals surface area contributed by atoms with Crippen LogP contribution in [-0.2, 0) is 11.2 Å². The number of carbonyl (C=O) groups excluding carboxylic acids is 1. The smallest absolute Gasteiger partial charge is 0.224 e. The molecule has 0 radical (unpaired) electrons. The van der Waals surface area contributed by atoms with Crippen LogP contribution < -0.4 is 10.1 Å². The monoisotopic (exact) mass is 330 g/mol. The number of nitrogens with one attached hydrogen (secondary N) is 1. The van der Waals surface area contributed by atoms with E-state index < -0.39 is 0 Å². The highest BCUT2D eigenvalue weighted by atomic mass is 19.1. The van der Waals surface area contributed by atoms with Gasteiger partial charge in [0.05, 0.1) is 19.6 Å². The maximum atomic E-state index is 12.9. The Labute approximate surface area is 142 Å². The van der Waals surface area contributed by atoms with Gasteiger partial charge in [0.1, 0.15) is 11.6 Å². The topological polar surface area (TPSA) is 41.6 Å². The van der Waals surface area contributed by atoms with Crippen molar-refractivity contribution < 1.29 is 13.9 Å². The molecule has 1 unspecified atom stereocenters. The van der Waals surface area contributed by atoms with Gasteiger partial charge >= 0.3 is 0 Å². The molecule has 1 atom stereocenters.